The van der Waals surface area contributed by atoms with E-state index >= 15 is 0 Å². The van der Waals surface area contributed by atoms with Gasteiger partial charge < -0.3 is 24.2 Å². The van der Waals surface area contributed by atoms with E-state index in [2.05, 4.69) is 75.2 Å². The number of ether oxygens (including phenoxy) is 2. The van der Waals surface area contributed by atoms with Gasteiger partial charge in [-0.25, -0.2) is 14.4 Å². The molecule has 0 bridgehead atoms. The molecule has 2 aromatic heterocycles. The van der Waals surface area contributed by atoms with Crippen molar-refractivity contribution in [2.24, 2.45) is 5.41 Å². The molecule has 7 rings (SSSR count). The van der Waals surface area contributed by atoms with E-state index in [9.17, 15) is 9.18 Å². The van der Waals surface area contributed by atoms with Crippen LogP contribution >= 0.6 is 0 Å². The van der Waals surface area contributed by atoms with E-state index < -0.39 is 5.82 Å². The second-order valence-corrected chi connectivity index (χ2v) is 15.5. The van der Waals surface area contributed by atoms with Crippen LogP contribution in [0.4, 0.5) is 10.2 Å². The highest BCUT2D eigenvalue weighted by Crippen LogP contribution is 2.52. The summed E-state index contributed by atoms with van der Waals surface area (Å²) >= 11 is 0. The number of nitrogens with zero attached hydrogens (tertiary/aromatic N) is 7. The Bertz CT molecular complexity index is 1880. The Kier molecular flexibility index (Phi) is 10.9. The van der Waals surface area contributed by atoms with E-state index in [1.807, 2.05) is 27.0 Å². The molecule has 1 amide bonds. The number of rotatable bonds is 14. The van der Waals surface area contributed by atoms with Crippen molar-refractivity contribution >= 4 is 11.7 Å². The summed E-state index contributed by atoms with van der Waals surface area (Å²) in [5.74, 6) is 1.59. The summed E-state index contributed by atoms with van der Waals surface area (Å²) in [4.78, 5) is 35.8. The van der Waals surface area contributed by atoms with Gasteiger partial charge in [-0.2, -0.15) is 0 Å². The number of aromatic nitrogens is 3. The number of fused-ring (bicyclic) bond motifs is 1. The molecule has 0 radical (unpaired) electrons. The highest BCUT2D eigenvalue weighted by molar-refractivity contribution is 5.97. The van der Waals surface area contributed by atoms with Crippen molar-refractivity contribution in [3.63, 3.8) is 0 Å². The van der Waals surface area contributed by atoms with Crippen molar-refractivity contribution in [1.29, 1.82) is 0 Å². The molecular weight excluding hydrogens is 670 g/mol. The van der Waals surface area contributed by atoms with E-state index in [1.165, 1.54) is 41.3 Å². The lowest BCUT2D eigenvalue weighted by molar-refractivity contribution is -0.0357. The number of anilines is 1. The highest BCUT2D eigenvalue weighted by Gasteiger charge is 2.54. The average Bonchev–Trinajstić information content (AvgIpc) is 3.11. The number of hydrogen-bond acceptors (Lipinski definition) is 9. The molecule has 1 aliphatic carbocycles. The molecule has 11 heteroatoms. The fourth-order valence-electron chi connectivity index (χ4n) is 8.41. The first-order chi connectivity index (χ1) is 25.6. The Morgan fingerprint density at radius 1 is 1.04 bits per heavy atom. The fraction of sp³-hybridized carbons (Fsp3) is 0.476. The first-order valence-corrected chi connectivity index (χ1v) is 19.0. The maximum Gasteiger partial charge on any atom is 0.257 e. The maximum absolute atomic E-state index is 14.4. The second-order valence-electron chi connectivity index (χ2n) is 15.5. The van der Waals surface area contributed by atoms with Crippen molar-refractivity contribution < 1.29 is 18.7 Å². The van der Waals surface area contributed by atoms with Gasteiger partial charge in [0, 0.05) is 68.4 Å². The minimum atomic E-state index is -0.492. The summed E-state index contributed by atoms with van der Waals surface area (Å²) in [6.07, 6.45) is 10.1. The van der Waals surface area contributed by atoms with Crippen LogP contribution in [-0.2, 0) is 13.0 Å². The van der Waals surface area contributed by atoms with Crippen LogP contribution in [0.25, 0.3) is 0 Å². The van der Waals surface area contributed by atoms with Gasteiger partial charge in [-0.15, -0.1) is 0 Å². The summed E-state index contributed by atoms with van der Waals surface area (Å²) in [6, 6.07) is 17.1. The number of carbonyl (C=O) groups is 1. The molecule has 280 valence electrons. The molecule has 10 nitrogen and oxygen atoms in total. The van der Waals surface area contributed by atoms with E-state index in [4.69, 9.17) is 14.5 Å². The van der Waals surface area contributed by atoms with Gasteiger partial charge >= 0.3 is 0 Å². The van der Waals surface area contributed by atoms with E-state index in [-0.39, 0.29) is 40.8 Å². The topological polar surface area (TPSA) is 87.2 Å². The van der Waals surface area contributed by atoms with Gasteiger partial charge in [0.1, 0.15) is 29.7 Å². The molecule has 1 saturated heterocycles. The molecule has 2 aromatic carbocycles. The van der Waals surface area contributed by atoms with Crippen LogP contribution in [0.1, 0.15) is 79.7 Å². The third-order valence-corrected chi connectivity index (χ3v) is 11.0. The molecule has 1 saturated carbocycles. The highest BCUT2D eigenvalue weighted by atomic mass is 19.1. The zero-order valence-corrected chi connectivity index (χ0v) is 31.7. The van der Waals surface area contributed by atoms with Crippen LogP contribution in [0.3, 0.4) is 0 Å². The first-order valence-electron chi connectivity index (χ1n) is 19.0. The van der Waals surface area contributed by atoms with Crippen LogP contribution < -0.4 is 14.4 Å². The minimum absolute atomic E-state index is 0.0420. The first kappa shape index (κ1) is 36.7. The van der Waals surface area contributed by atoms with Crippen LogP contribution in [0.5, 0.6) is 17.2 Å². The van der Waals surface area contributed by atoms with Gasteiger partial charge in [-0.3, -0.25) is 14.7 Å². The summed E-state index contributed by atoms with van der Waals surface area (Å²) in [5.41, 5.74) is 4.07. The van der Waals surface area contributed by atoms with Gasteiger partial charge in [0.05, 0.1) is 17.5 Å². The number of amides is 1. The Balaban J connectivity index is 1.02. The molecule has 3 aliphatic rings. The smallest absolute Gasteiger partial charge is 0.257 e. The van der Waals surface area contributed by atoms with Crippen molar-refractivity contribution in [2.45, 2.75) is 77.6 Å². The number of carbonyl (C=O) groups excluding carboxylic acids is 1. The quantitative estimate of drug-likeness (QED) is 0.135. The maximum atomic E-state index is 14.4. The number of halogens is 1. The van der Waals surface area contributed by atoms with Crippen molar-refractivity contribution in [3.05, 3.63) is 102 Å². The molecule has 2 aliphatic heterocycles. The monoisotopic (exact) mass is 721 g/mol. The molecule has 2 fully saturated rings. The largest absolute Gasteiger partial charge is 0.490 e. The van der Waals surface area contributed by atoms with Gasteiger partial charge in [0.2, 0.25) is 0 Å². The molecule has 4 aromatic rings. The van der Waals surface area contributed by atoms with Crippen LogP contribution in [0.15, 0.2) is 73.3 Å². The fourth-order valence-corrected chi connectivity index (χ4v) is 8.41. The van der Waals surface area contributed by atoms with Crippen molar-refractivity contribution in [3.8, 4) is 17.2 Å². The lowest BCUT2D eigenvalue weighted by Crippen LogP contribution is -2.65. The van der Waals surface area contributed by atoms with E-state index in [1.54, 1.807) is 11.1 Å². The van der Waals surface area contributed by atoms with Gasteiger partial charge in [0.15, 0.2) is 11.6 Å². The minimum Gasteiger partial charge on any atom is -0.490 e. The second kappa shape index (κ2) is 15.8. The van der Waals surface area contributed by atoms with Gasteiger partial charge in [-0.05, 0) is 96.9 Å². The summed E-state index contributed by atoms with van der Waals surface area (Å²) in [6.45, 7) is 10.9. The van der Waals surface area contributed by atoms with Gasteiger partial charge in [-0.1, -0.05) is 30.3 Å². The zero-order valence-electron chi connectivity index (χ0n) is 31.7. The molecule has 4 heterocycles. The molecule has 1 spiro atoms. The van der Waals surface area contributed by atoms with Crippen LogP contribution in [0, 0.1) is 11.2 Å². The lowest BCUT2D eigenvalue weighted by atomic mass is 9.61. The molecule has 1 atom stereocenters. The number of hydrogen-bond donors (Lipinski definition) is 0. The molecule has 0 N–H and O–H groups in total. The third-order valence-electron chi connectivity index (χ3n) is 11.0. The van der Waals surface area contributed by atoms with Crippen LogP contribution in [-0.4, -0.2) is 94.5 Å². The van der Waals surface area contributed by atoms with Gasteiger partial charge in [0.25, 0.3) is 5.91 Å². The Morgan fingerprint density at radius 2 is 1.83 bits per heavy atom. The molecule has 53 heavy (non-hydrogen) atoms. The van der Waals surface area contributed by atoms with Crippen molar-refractivity contribution in [1.82, 2.24) is 29.7 Å². The van der Waals surface area contributed by atoms with E-state index in [0.717, 1.165) is 70.6 Å². The standard InChI is InChI=1S/C42H52FN7O3/c1-6-50(29(2)3)41(51)33-21-31(43)14-15-36(33)53-38-24-44-28-46-40(38)49-26-42(27-49)22-32(23-42)52-37-16-18-45-34-17-20-48(25-30-11-8-7-9-12-30)35(39(34)37)13-10-19-47(4)5/h7-9,11-12,14-16,18,21,24,28-29,32,35H,6,10,13,17,19-20,22-23,25-27H2,1-5H3. The lowest BCUT2D eigenvalue weighted by Gasteiger charge is -2.59. The molecular formula is C42H52FN7O3. The Morgan fingerprint density at radius 3 is 2.57 bits per heavy atom. The SMILES string of the molecule is CCN(C(=O)c1cc(F)ccc1Oc1cncnc1N1CC2(CC(Oc3ccnc4c3C(CCCN(C)C)N(Cc3ccccc3)CC4)C2)C1)C(C)C. The average molecular weight is 722 g/mol. The summed E-state index contributed by atoms with van der Waals surface area (Å²) < 4.78 is 27.5. The number of pyridine rings is 1. The normalized spacial score (nSPS) is 18.1. The predicted molar refractivity (Wildman–Crippen MR) is 204 cm³/mol. The van der Waals surface area contributed by atoms with E-state index in [0.29, 0.717) is 18.1 Å². The van der Waals surface area contributed by atoms with Crippen molar-refractivity contribution in [2.75, 3.05) is 51.7 Å². The van der Waals surface area contributed by atoms with Crippen LogP contribution in [0.2, 0.25) is 0 Å². The molecule has 1 unspecified atom stereocenters. The zero-order chi connectivity index (χ0) is 37.1. The summed E-state index contributed by atoms with van der Waals surface area (Å²) in [7, 11) is 4.27. The third kappa shape index (κ3) is 8.01. The predicted octanol–water partition coefficient (Wildman–Crippen LogP) is 7.16. The number of benzene rings is 2. The Labute approximate surface area is 313 Å². The summed E-state index contributed by atoms with van der Waals surface area (Å²) in [5, 5.41) is 0. The Hall–Kier alpha value is -4.61.